The molecule has 3 aromatic rings. The Hall–Kier alpha value is -3.85. The van der Waals surface area contributed by atoms with Crippen molar-refractivity contribution >= 4 is 23.4 Å². The van der Waals surface area contributed by atoms with Crippen LogP contribution in [0.3, 0.4) is 0 Å². The first-order valence-corrected chi connectivity index (χ1v) is 11.2. The second-order valence-electron chi connectivity index (χ2n) is 7.46. The average molecular weight is 481 g/mol. The Morgan fingerprint density at radius 3 is 2.32 bits per heavy atom. The molecule has 1 atom stereocenters. The lowest BCUT2D eigenvalue weighted by Gasteiger charge is -2.25. The van der Waals surface area contributed by atoms with Crippen LogP contribution in [0.25, 0.3) is 6.08 Å². The Bertz CT molecular complexity index is 1450. The highest BCUT2D eigenvalue weighted by Gasteiger charge is 2.33. The Balaban J connectivity index is 1.95. The van der Waals surface area contributed by atoms with Crippen LogP contribution in [0.2, 0.25) is 0 Å². The van der Waals surface area contributed by atoms with Gasteiger partial charge in [-0.1, -0.05) is 29.5 Å². The van der Waals surface area contributed by atoms with Crippen molar-refractivity contribution in [3.63, 3.8) is 0 Å². The highest BCUT2D eigenvalue weighted by molar-refractivity contribution is 7.07. The molecule has 2 aromatic carbocycles. The fourth-order valence-corrected chi connectivity index (χ4v) is 4.93. The Morgan fingerprint density at radius 2 is 1.71 bits per heavy atom. The molecule has 34 heavy (non-hydrogen) atoms. The Labute approximate surface area is 200 Å². The quantitative estimate of drug-likeness (QED) is 0.504. The Morgan fingerprint density at radius 1 is 1.00 bits per heavy atom. The number of esters is 1. The number of methoxy groups -OCH3 is 4. The summed E-state index contributed by atoms with van der Waals surface area (Å²) in [5, 5.41) is 0. The molecule has 0 aliphatic carbocycles. The number of benzene rings is 2. The van der Waals surface area contributed by atoms with Crippen molar-refractivity contribution in [1.82, 2.24) is 4.57 Å². The van der Waals surface area contributed by atoms with E-state index in [-0.39, 0.29) is 11.1 Å². The lowest BCUT2D eigenvalue weighted by molar-refractivity contribution is -0.136. The van der Waals surface area contributed by atoms with E-state index in [2.05, 4.69) is 4.99 Å². The predicted octanol–water partition coefficient (Wildman–Crippen LogP) is 2.43. The van der Waals surface area contributed by atoms with E-state index in [9.17, 15) is 9.59 Å². The van der Waals surface area contributed by atoms with Gasteiger partial charge < -0.3 is 18.9 Å². The number of nitrogens with zero attached hydrogens (tertiary/aromatic N) is 2. The van der Waals surface area contributed by atoms with Crippen LogP contribution in [0.15, 0.2) is 63.5 Å². The first kappa shape index (κ1) is 23.3. The third-order valence-corrected chi connectivity index (χ3v) is 6.55. The van der Waals surface area contributed by atoms with Crippen LogP contribution in [-0.2, 0) is 9.53 Å². The number of carbonyl (C=O) groups is 1. The summed E-state index contributed by atoms with van der Waals surface area (Å²) in [6, 6.07) is 12.0. The molecule has 0 saturated carbocycles. The van der Waals surface area contributed by atoms with Crippen molar-refractivity contribution in [1.29, 1.82) is 0 Å². The number of ether oxygens (including phenoxy) is 4. The summed E-state index contributed by atoms with van der Waals surface area (Å²) >= 11 is 1.26. The third kappa shape index (κ3) is 4.10. The lowest BCUT2D eigenvalue weighted by atomic mass is 9.95. The highest BCUT2D eigenvalue weighted by Crippen LogP contribution is 2.35. The summed E-state index contributed by atoms with van der Waals surface area (Å²) in [7, 11) is 5.99. The van der Waals surface area contributed by atoms with Gasteiger partial charge in [0.2, 0.25) is 0 Å². The lowest BCUT2D eigenvalue weighted by Crippen LogP contribution is -2.39. The number of thiazole rings is 1. The Kier molecular flexibility index (Phi) is 6.56. The number of fused-ring (bicyclic) bond motifs is 1. The van der Waals surface area contributed by atoms with Gasteiger partial charge >= 0.3 is 5.97 Å². The topological polar surface area (TPSA) is 88.4 Å². The van der Waals surface area contributed by atoms with Gasteiger partial charge in [0, 0.05) is 0 Å². The molecule has 1 aliphatic rings. The minimum absolute atomic E-state index is 0.256. The van der Waals surface area contributed by atoms with Crippen molar-refractivity contribution in [3.05, 3.63) is 84.5 Å². The summed E-state index contributed by atoms with van der Waals surface area (Å²) in [6.45, 7) is 1.74. The summed E-state index contributed by atoms with van der Waals surface area (Å²) in [4.78, 5) is 31.4. The molecule has 0 amide bonds. The van der Waals surface area contributed by atoms with Crippen LogP contribution in [0.1, 0.15) is 24.1 Å². The van der Waals surface area contributed by atoms with Gasteiger partial charge in [-0.25, -0.2) is 9.79 Å². The number of aromatic nitrogens is 1. The monoisotopic (exact) mass is 480 g/mol. The van der Waals surface area contributed by atoms with E-state index in [4.69, 9.17) is 18.9 Å². The molecule has 0 fully saturated rings. The molecule has 0 bridgehead atoms. The number of allylic oxidation sites excluding steroid dienone is 1. The fourth-order valence-electron chi connectivity index (χ4n) is 3.88. The molecule has 0 unspecified atom stereocenters. The van der Waals surface area contributed by atoms with Crippen LogP contribution in [0.4, 0.5) is 0 Å². The largest absolute Gasteiger partial charge is 0.497 e. The average Bonchev–Trinajstić information content (AvgIpc) is 3.16. The molecule has 1 aromatic heterocycles. The zero-order valence-corrected chi connectivity index (χ0v) is 20.3. The zero-order chi connectivity index (χ0) is 24.4. The minimum atomic E-state index is -0.735. The van der Waals surface area contributed by atoms with E-state index >= 15 is 0 Å². The van der Waals surface area contributed by atoms with E-state index < -0.39 is 12.0 Å². The smallest absolute Gasteiger partial charge is 0.338 e. The summed E-state index contributed by atoms with van der Waals surface area (Å²) in [6.07, 6.45) is 1.80. The minimum Gasteiger partial charge on any atom is -0.497 e. The molecule has 0 N–H and O–H groups in total. The van der Waals surface area contributed by atoms with Crippen molar-refractivity contribution in [2.45, 2.75) is 13.0 Å². The van der Waals surface area contributed by atoms with Gasteiger partial charge in [0.1, 0.15) is 5.75 Å². The van der Waals surface area contributed by atoms with E-state index in [1.165, 1.54) is 30.1 Å². The molecular weight excluding hydrogens is 456 g/mol. The standard InChI is InChI=1S/C25H24N2O6S/c1-14-21(24(29)33-5)22(16-8-11-18(31-3)19(13-16)32-4)27-23(28)20(34-25(27)26-14)12-15-6-9-17(30-2)10-7-15/h6-13,22H,1-5H3/b20-12+/t22-/m1/s1. The second kappa shape index (κ2) is 9.56. The summed E-state index contributed by atoms with van der Waals surface area (Å²) in [5.74, 6) is 1.20. The maximum absolute atomic E-state index is 13.6. The van der Waals surface area contributed by atoms with Crippen molar-refractivity contribution in [3.8, 4) is 17.2 Å². The summed E-state index contributed by atoms with van der Waals surface area (Å²) in [5.41, 5.74) is 2.04. The van der Waals surface area contributed by atoms with Gasteiger partial charge in [-0.05, 0) is 48.4 Å². The van der Waals surface area contributed by atoms with Gasteiger partial charge in [0.15, 0.2) is 16.3 Å². The van der Waals surface area contributed by atoms with Gasteiger partial charge in [-0.3, -0.25) is 9.36 Å². The normalized spacial score (nSPS) is 15.4. The number of rotatable bonds is 6. The molecule has 8 nitrogen and oxygen atoms in total. The fraction of sp³-hybridized carbons (Fsp3) is 0.240. The van der Waals surface area contributed by atoms with Crippen molar-refractivity contribution in [2.75, 3.05) is 28.4 Å². The zero-order valence-electron chi connectivity index (χ0n) is 19.4. The summed E-state index contributed by atoms with van der Waals surface area (Å²) < 4.78 is 23.1. The molecule has 0 saturated heterocycles. The van der Waals surface area contributed by atoms with Crippen LogP contribution >= 0.6 is 11.3 Å². The van der Waals surface area contributed by atoms with Gasteiger partial charge in [0.25, 0.3) is 5.56 Å². The molecule has 1 aliphatic heterocycles. The van der Waals surface area contributed by atoms with E-state index in [1.807, 2.05) is 24.3 Å². The van der Waals surface area contributed by atoms with Gasteiger partial charge in [0.05, 0.1) is 50.3 Å². The van der Waals surface area contributed by atoms with Crippen molar-refractivity contribution in [2.24, 2.45) is 4.99 Å². The first-order valence-electron chi connectivity index (χ1n) is 10.4. The number of hydrogen-bond acceptors (Lipinski definition) is 8. The highest BCUT2D eigenvalue weighted by atomic mass is 32.1. The van der Waals surface area contributed by atoms with Crippen LogP contribution in [0.5, 0.6) is 17.2 Å². The third-order valence-electron chi connectivity index (χ3n) is 5.56. The molecule has 2 heterocycles. The van der Waals surface area contributed by atoms with Gasteiger partial charge in [-0.2, -0.15) is 0 Å². The molecule has 9 heteroatoms. The maximum atomic E-state index is 13.6. The number of hydrogen-bond donors (Lipinski definition) is 0. The molecule has 4 rings (SSSR count). The van der Waals surface area contributed by atoms with Crippen molar-refractivity contribution < 1.29 is 23.7 Å². The molecule has 0 radical (unpaired) electrons. The number of carbonyl (C=O) groups excluding carboxylic acids is 1. The van der Waals surface area contributed by atoms with Crippen LogP contribution < -0.4 is 29.1 Å². The van der Waals surface area contributed by atoms with Crippen LogP contribution in [0, 0.1) is 0 Å². The predicted molar refractivity (Wildman–Crippen MR) is 128 cm³/mol. The van der Waals surface area contributed by atoms with E-state index in [0.29, 0.717) is 32.1 Å². The van der Waals surface area contributed by atoms with Gasteiger partial charge in [-0.15, -0.1) is 0 Å². The first-order chi connectivity index (χ1) is 16.4. The SMILES string of the molecule is COC(=O)C1=C(C)N=c2s/c(=C/c3ccc(OC)cc3)c(=O)n2[C@@H]1c1ccc(OC)c(OC)c1. The van der Waals surface area contributed by atoms with E-state index in [1.54, 1.807) is 45.4 Å². The van der Waals surface area contributed by atoms with E-state index in [0.717, 1.165) is 11.3 Å². The molecule has 0 spiro atoms. The second-order valence-corrected chi connectivity index (χ2v) is 8.47. The van der Waals surface area contributed by atoms with Crippen LogP contribution in [-0.4, -0.2) is 39.0 Å². The maximum Gasteiger partial charge on any atom is 0.338 e. The molecule has 176 valence electrons. The molecular formula is C25H24N2O6S.